The first-order valence-electron chi connectivity index (χ1n) is 12.4. The predicted octanol–water partition coefficient (Wildman–Crippen LogP) is 6.45. The van der Waals surface area contributed by atoms with Crippen LogP contribution in [0.1, 0.15) is 44.4 Å². The second-order valence-electron chi connectivity index (χ2n) is 9.93. The third kappa shape index (κ3) is 8.24. The lowest BCUT2D eigenvalue weighted by molar-refractivity contribution is -0.142. The van der Waals surface area contributed by atoms with E-state index in [0.29, 0.717) is 28.8 Å². The van der Waals surface area contributed by atoms with Crippen LogP contribution in [0.4, 0.5) is 0 Å². The van der Waals surface area contributed by atoms with Crippen LogP contribution in [-0.4, -0.2) is 35.9 Å². The molecule has 0 aliphatic rings. The Bertz CT molecular complexity index is 1190. The molecule has 0 aromatic heterocycles. The summed E-state index contributed by atoms with van der Waals surface area (Å²) in [7, 11) is 0. The van der Waals surface area contributed by atoms with Crippen LogP contribution in [0.3, 0.4) is 0 Å². The van der Waals surface area contributed by atoms with Crippen LogP contribution in [0.25, 0.3) is 0 Å². The number of likely N-dealkylation sites (N-methyl/N-ethyl adjacent to an activating group) is 1. The van der Waals surface area contributed by atoms with Gasteiger partial charge in [0, 0.05) is 19.5 Å². The summed E-state index contributed by atoms with van der Waals surface area (Å²) in [5.41, 5.74) is 2.90. The number of carbonyl (C=O) groups is 2. The highest BCUT2D eigenvalue weighted by atomic mass is 35.5. The van der Waals surface area contributed by atoms with Gasteiger partial charge in [0.15, 0.2) is 6.61 Å². The fourth-order valence-corrected chi connectivity index (χ4v) is 4.28. The molecule has 0 heterocycles. The molecular weight excluding hydrogens is 507 g/mol. The Kier molecular flexibility index (Phi) is 10.0. The van der Waals surface area contributed by atoms with Crippen molar-refractivity contribution in [1.29, 1.82) is 0 Å². The van der Waals surface area contributed by atoms with Crippen molar-refractivity contribution in [1.82, 2.24) is 10.2 Å². The van der Waals surface area contributed by atoms with Gasteiger partial charge in [-0.3, -0.25) is 9.59 Å². The highest BCUT2D eigenvalue weighted by molar-refractivity contribution is 6.42. The normalized spacial score (nSPS) is 12.1. The number of rotatable bonds is 10. The Morgan fingerprint density at radius 2 is 1.59 bits per heavy atom. The van der Waals surface area contributed by atoms with Crippen molar-refractivity contribution < 1.29 is 14.3 Å². The number of carbonyl (C=O) groups excluding carboxylic acids is 2. The summed E-state index contributed by atoms with van der Waals surface area (Å²) in [6.45, 7) is 8.70. The molecule has 0 fully saturated rings. The van der Waals surface area contributed by atoms with Crippen molar-refractivity contribution >= 4 is 35.0 Å². The van der Waals surface area contributed by atoms with Gasteiger partial charge in [-0.2, -0.15) is 0 Å². The number of nitrogens with one attached hydrogen (secondary N) is 1. The summed E-state index contributed by atoms with van der Waals surface area (Å²) in [6, 6.07) is 21.8. The molecule has 3 aromatic carbocycles. The number of hydrogen-bond acceptors (Lipinski definition) is 3. The molecule has 37 heavy (non-hydrogen) atoms. The summed E-state index contributed by atoms with van der Waals surface area (Å²) < 4.78 is 5.87. The zero-order chi connectivity index (χ0) is 27.0. The van der Waals surface area contributed by atoms with Gasteiger partial charge < -0.3 is 15.0 Å². The van der Waals surface area contributed by atoms with Crippen LogP contribution >= 0.6 is 23.2 Å². The Labute approximate surface area is 229 Å². The summed E-state index contributed by atoms with van der Waals surface area (Å²) in [6.07, 6.45) is 0.361. The molecule has 2 amide bonds. The molecule has 1 atom stereocenters. The average Bonchev–Trinajstić information content (AvgIpc) is 2.87. The standard InChI is InChI=1S/C30H34Cl2N2O3/c1-5-33-29(36)27(18-21-9-7-6-8-10-21)34(19-22-11-16-25(31)26(32)17-22)28(35)20-37-24-14-12-23(13-15-24)30(2,3)4/h6-17,27H,5,18-20H2,1-4H3,(H,33,36). The lowest BCUT2D eigenvalue weighted by Gasteiger charge is -2.31. The highest BCUT2D eigenvalue weighted by Crippen LogP contribution is 2.26. The van der Waals surface area contributed by atoms with Crippen molar-refractivity contribution in [2.75, 3.05) is 13.2 Å². The maximum absolute atomic E-state index is 13.6. The van der Waals surface area contributed by atoms with Gasteiger partial charge in [0.1, 0.15) is 11.8 Å². The Hall–Kier alpha value is -3.02. The number of nitrogens with zero attached hydrogens (tertiary/aromatic N) is 1. The van der Waals surface area contributed by atoms with Gasteiger partial charge in [0.05, 0.1) is 10.0 Å². The number of hydrogen-bond donors (Lipinski definition) is 1. The quantitative estimate of drug-likeness (QED) is 0.321. The van der Waals surface area contributed by atoms with E-state index in [9.17, 15) is 9.59 Å². The molecule has 3 aromatic rings. The highest BCUT2D eigenvalue weighted by Gasteiger charge is 2.30. The molecule has 0 aliphatic carbocycles. The first-order valence-corrected chi connectivity index (χ1v) is 13.1. The van der Waals surface area contributed by atoms with Crippen LogP contribution < -0.4 is 10.1 Å². The molecule has 5 nitrogen and oxygen atoms in total. The fraction of sp³-hybridized carbons (Fsp3) is 0.333. The molecule has 3 rings (SSSR count). The summed E-state index contributed by atoms with van der Waals surface area (Å²) in [4.78, 5) is 28.4. The summed E-state index contributed by atoms with van der Waals surface area (Å²) in [5, 5.41) is 3.69. The first kappa shape index (κ1) is 28.5. The van der Waals surface area contributed by atoms with E-state index in [2.05, 4.69) is 26.1 Å². The van der Waals surface area contributed by atoms with Gasteiger partial charge in [-0.25, -0.2) is 0 Å². The van der Waals surface area contributed by atoms with E-state index in [4.69, 9.17) is 27.9 Å². The van der Waals surface area contributed by atoms with Crippen molar-refractivity contribution in [2.24, 2.45) is 0 Å². The van der Waals surface area contributed by atoms with E-state index in [1.807, 2.05) is 61.5 Å². The minimum atomic E-state index is -0.740. The SMILES string of the molecule is CCNC(=O)C(Cc1ccccc1)N(Cc1ccc(Cl)c(Cl)c1)C(=O)COc1ccc(C(C)(C)C)cc1. The van der Waals surface area contributed by atoms with Crippen LogP contribution in [0.15, 0.2) is 72.8 Å². The second kappa shape index (κ2) is 13.0. The monoisotopic (exact) mass is 540 g/mol. The predicted molar refractivity (Wildman–Crippen MR) is 150 cm³/mol. The molecule has 0 radical (unpaired) electrons. The minimum absolute atomic E-state index is 0.0162. The maximum atomic E-state index is 13.6. The van der Waals surface area contributed by atoms with Gasteiger partial charge in [0.2, 0.25) is 5.91 Å². The number of benzene rings is 3. The van der Waals surface area contributed by atoms with Gasteiger partial charge >= 0.3 is 0 Å². The number of amides is 2. The number of halogens is 2. The van der Waals surface area contributed by atoms with Crippen molar-refractivity contribution in [3.05, 3.63) is 99.5 Å². The van der Waals surface area contributed by atoms with Crippen molar-refractivity contribution in [3.63, 3.8) is 0 Å². The molecule has 0 saturated heterocycles. The van der Waals surface area contributed by atoms with Crippen molar-refractivity contribution in [2.45, 2.75) is 52.1 Å². The molecular formula is C30H34Cl2N2O3. The molecule has 1 unspecified atom stereocenters. The molecule has 0 saturated carbocycles. The van der Waals surface area contributed by atoms with E-state index >= 15 is 0 Å². The van der Waals surface area contributed by atoms with E-state index < -0.39 is 6.04 Å². The van der Waals surface area contributed by atoms with Gasteiger partial charge in [-0.15, -0.1) is 0 Å². The molecule has 0 bridgehead atoms. The summed E-state index contributed by atoms with van der Waals surface area (Å²) >= 11 is 12.3. The molecule has 7 heteroatoms. The van der Waals surface area contributed by atoms with E-state index in [1.165, 1.54) is 5.56 Å². The van der Waals surface area contributed by atoms with E-state index in [1.54, 1.807) is 23.1 Å². The average molecular weight is 542 g/mol. The smallest absolute Gasteiger partial charge is 0.261 e. The van der Waals surface area contributed by atoms with Gasteiger partial charge in [-0.05, 0) is 53.3 Å². The summed E-state index contributed by atoms with van der Waals surface area (Å²) in [5.74, 6) is 0.0564. The van der Waals surface area contributed by atoms with E-state index in [0.717, 1.165) is 11.1 Å². The third-order valence-electron chi connectivity index (χ3n) is 6.04. The zero-order valence-corrected chi connectivity index (χ0v) is 23.3. The first-order chi connectivity index (χ1) is 17.6. The van der Waals surface area contributed by atoms with Crippen LogP contribution in [0.5, 0.6) is 5.75 Å². The molecule has 0 spiro atoms. The lowest BCUT2D eigenvalue weighted by Crippen LogP contribution is -2.51. The minimum Gasteiger partial charge on any atom is -0.484 e. The zero-order valence-electron chi connectivity index (χ0n) is 21.8. The Balaban J connectivity index is 1.88. The van der Waals surface area contributed by atoms with Crippen LogP contribution in [-0.2, 0) is 28.0 Å². The van der Waals surface area contributed by atoms with Crippen molar-refractivity contribution in [3.8, 4) is 5.75 Å². The Morgan fingerprint density at radius 3 is 2.19 bits per heavy atom. The van der Waals surface area contributed by atoms with Gasteiger partial charge in [-0.1, -0.05) is 92.5 Å². The van der Waals surface area contributed by atoms with Crippen LogP contribution in [0, 0.1) is 0 Å². The Morgan fingerprint density at radius 1 is 0.919 bits per heavy atom. The number of ether oxygens (including phenoxy) is 1. The molecule has 196 valence electrons. The maximum Gasteiger partial charge on any atom is 0.261 e. The lowest BCUT2D eigenvalue weighted by atomic mass is 9.87. The van der Waals surface area contributed by atoms with Gasteiger partial charge in [0.25, 0.3) is 5.91 Å². The fourth-order valence-electron chi connectivity index (χ4n) is 3.96. The topological polar surface area (TPSA) is 58.6 Å². The molecule has 1 N–H and O–H groups in total. The largest absolute Gasteiger partial charge is 0.484 e. The van der Waals surface area contributed by atoms with Crippen LogP contribution in [0.2, 0.25) is 10.0 Å². The third-order valence-corrected chi connectivity index (χ3v) is 6.78. The second-order valence-corrected chi connectivity index (χ2v) is 10.7. The molecule has 0 aliphatic heterocycles. The van der Waals surface area contributed by atoms with E-state index in [-0.39, 0.29) is 30.4 Å².